The van der Waals surface area contributed by atoms with Crippen LogP contribution in [0.25, 0.3) is 0 Å². The van der Waals surface area contributed by atoms with Crippen molar-refractivity contribution in [2.24, 2.45) is 0 Å². The van der Waals surface area contributed by atoms with E-state index in [0.717, 1.165) is 0 Å². The molecule has 0 unspecified atom stereocenters. The summed E-state index contributed by atoms with van der Waals surface area (Å²) in [6, 6.07) is 10.4. The van der Waals surface area contributed by atoms with Crippen LogP contribution in [0.5, 0.6) is 23.0 Å². The smallest absolute Gasteiger partial charge is 0.257 e. The van der Waals surface area contributed by atoms with Gasteiger partial charge in [0.2, 0.25) is 5.75 Å². The van der Waals surface area contributed by atoms with Crippen molar-refractivity contribution in [3.8, 4) is 23.0 Å². The second-order valence-corrected chi connectivity index (χ2v) is 5.69. The number of thiocarbonyl (C=S) groups is 1. The maximum atomic E-state index is 12.5. The summed E-state index contributed by atoms with van der Waals surface area (Å²) in [4.78, 5) is 12.5. The molecule has 1 amide bonds. The van der Waals surface area contributed by atoms with Crippen molar-refractivity contribution >= 4 is 28.9 Å². The quantitative estimate of drug-likeness (QED) is 0.703. The number of ether oxygens (including phenoxy) is 4. The first kappa shape index (κ1) is 20.3. The predicted molar refractivity (Wildman–Crippen MR) is 107 cm³/mol. The van der Waals surface area contributed by atoms with Crippen LogP contribution in [0, 0.1) is 0 Å². The summed E-state index contributed by atoms with van der Waals surface area (Å²) in [5.41, 5.74) is 1.02. The van der Waals surface area contributed by atoms with E-state index in [1.165, 1.54) is 21.3 Å². The zero-order chi connectivity index (χ0) is 19.8. The normalized spacial score (nSPS) is 9.93. The van der Waals surface area contributed by atoms with Crippen LogP contribution < -0.4 is 29.6 Å². The van der Waals surface area contributed by atoms with Gasteiger partial charge in [0.1, 0.15) is 5.75 Å². The van der Waals surface area contributed by atoms with Gasteiger partial charge >= 0.3 is 0 Å². The van der Waals surface area contributed by atoms with Crippen LogP contribution in [0.15, 0.2) is 36.4 Å². The van der Waals surface area contributed by atoms with Gasteiger partial charge in [0, 0.05) is 17.3 Å². The molecule has 0 bridgehead atoms. The molecule has 0 fully saturated rings. The number of amides is 1. The summed E-state index contributed by atoms with van der Waals surface area (Å²) < 4.78 is 21.2. The molecule has 2 rings (SSSR count). The molecule has 0 saturated heterocycles. The average Bonchev–Trinajstić information content (AvgIpc) is 2.67. The van der Waals surface area contributed by atoms with Gasteiger partial charge in [-0.15, -0.1) is 0 Å². The maximum absolute atomic E-state index is 12.5. The lowest BCUT2D eigenvalue weighted by Crippen LogP contribution is -2.34. The fourth-order valence-electron chi connectivity index (χ4n) is 2.38. The van der Waals surface area contributed by atoms with E-state index in [0.29, 0.717) is 40.9 Å². The van der Waals surface area contributed by atoms with E-state index in [1.807, 2.05) is 25.1 Å². The summed E-state index contributed by atoms with van der Waals surface area (Å²) >= 11 is 5.22. The van der Waals surface area contributed by atoms with Crippen molar-refractivity contribution in [2.45, 2.75) is 6.92 Å². The van der Waals surface area contributed by atoms with Crippen LogP contribution in [-0.4, -0.2) is 39.0 Å². The van der Waals surface area contributed by atoms with E-state index >= 15 is 0 Å². The molecule has 0 spiro atoms. The first-order valence-electron chi connectivity index (χ1n) is 8.17. The Hall–Kier alpha value is -3.00. The van der Waals surface area contributed by atoms with Crippen molar-refractivity contribution in [1.82, 2.24) is 5.32 Å². The first-order valence-corrected chi connectivity index (χ1v) is 8.58. The van der Waals surface area contributed by atoms with Crippen LogP contribution in [0.1, 0.15) is 17.3 Å². The number of carbonyl (C=O) groups excluding carboxylic acids is 1. The lowest BCUT2D eigenvalue weighted by Gasteiger charge is -2.15. The predicted octanol–water partition coefficient (Wildman–Crippen LogP) is 3.24. The van der Waals surface area contributed by atoms with Gasteiger partial charge < -0.3 is 24.3 Å². The number of benzene rings is 2. The van der Waals surface area contributed by atoms with Gasteiger partial charge in [0.05, 0.1) is 27.9 Å². The number of hydrogen-bond acceptors (Lipinski definition) is 6. The first-order chi connectivity index (χ1) is 13.0. The van der Waals surface area contributed by atoms with Gasteiger partial charge in [-0.1, -0.05) is 6.07 Å². The van der Waals surface area contributed by atoms with Gasteiger partial charge in [0.25, 0.3) is 5.91 Å². The molecule has 2 aromatic carbocycles. The number of rotatable bonds is 7. The van der Waals surface area contributed by atoms with E-state index in [-0.39, 0.29) is 5.11 Å². The monoisotopic (exact) mass is 390 g/mol. The van der Waals surface area contributed by atoms with Crippen LogP contribution >= 0.6 is 12.2 Å². The molecule has 0 aliphatic carbocycles. The third-order valence-corrected chi connectivity index (χ3v) is 3.76. The molecular formula is C19H22N2O5S. The Bertz CT molecular complexity index is 800. The third kappa shape index (κ3) is 5.24. The third-order valence-electron chi connectivity index (χ3n) is 3.56. The highest BCUT2D eigenvalue weighted by Gasteiger charge is 2.17. The van der Waals surface area contributed by atoms with Gasteiger partial charge in [-0.05, 0) is 43.4 Å². The number of carbonyl (C=O) groups is 1. The molecule has 0 radical (unpaired) electrons. The van der Waals surface area contributed by atoms with E-state index in [4.69, 9.17) is 31.2 Å². The molecule has 0 atom stereocenters. The number of anilines is 1. The van der Waals surface area contributed by atoms with Gasteiger partial charge in [-0.25, -0.2) is 0 Å². The molecule has 144 valence electrons. The Morgan fingerprint density at radius 1 is 1.04 bits per heavy atom. The van der Waals surface area contributed by atoms with Gasteiger partial charge in [0.15, 0.2) is 16.6 Å². The Kier molecular flexibility index (Phi) is 7.25. The summed E-state index contributed by atoms with van der Waals surface area (Å²) in [6.45, 7) is 2.47. The van der Waals surface area contributed by atoms with E-state index in [9.17, 15) is 4.79 Å². The Balaban J connectivity index is 2.12. The Morgan fingerprint density at radius 3 is 2.26 bits per heavy atom. The second-order valence-electron chi connectivity index (χ2n) is 5.28. The number of methoxy groups -OCH3 is 3. The van der Waals surface area contributed by atoms with Crippen LogP contribution in [-0.2, 0) is 0 Å². The topological polar surface area (TPSA) is 78.1 Å². The fourth-order valence-corrected chi connectivity index (χ4v) is 2.59. The van der Waals surface area contributed by atoms with E-state index in [2.05, 4.69) is 10.6 Å². The zero-order valence-electron chi connectivity index (χ0n) is 15.6. The van der Waals surface area contributed by atoms with Crippen molar-refractivity contribution < 1.29 is 23.7 Å². The molecular weight excluding hydrogens is 368 g/mol. The summed E-state index contributed by atoms with van der Waals surface area (Å²) in [7, 11) is 4.46. The van der Waals surface area contributed by atoms with Crippen molar-refractivity contribution in [3.63, 3.8) is 0 Å². The molecule has 2 aromatic rings. The van der Waals surface area contributed by atoms with Gasteiger partial charge in [-0.2, -0.15) is 0 Å². The summed E-state index contributed by atoms with van der Waals surface area (Å²) in [5, 5.41) is 5.73. The minimum absolute atomic E-state index is 0.155. The minimum atomic E-state index is -0.410. The summed E-state index contributed by atoms with van der Waals surface area (Å²) in [6.07, 6.45) is 0. The number of hydrogen-bond donors (Lipinski definition) is 2. The van der Waals surface area contributed by atoms with Crippen molar-refractivity contribution in [2.75, 3.05) is 33.3 Å². The Morgan fingerprint density at radius 2 is 1.70 bits per heavy atom. The Labute approximate surface area is 163 Å². The molecule has 2 N–H and O–H groups in total. The molecule has 0 saturated carbocycles. The van der Waals surface area contributed by atoms with Crippen molar-refractivity contribution in [1.29, 1.82) is 0 Å². The highest BCUT2D eigenvalue weighted by molar-refractivity contribution is 7.80. The highest BCUT2D eigenvalue weighted by Crippen LogP contribution is 2.38. The highest BCUT2D eigenvalue weighted by atomic mass is 32.1. The zero-order valence-corrected chi connectivity index (χ0v) is 16.4. The molecule has 8 heteroatoms. The second kappa shape index (κ2) is 9.63. The SMILES string of the molecule is CCOc1cccc(NC(=S)NC(=O)c2cc(OC)c(OC)c(OC)c2)c1. The standard InChI is InChI=1S/C19H22N2O5S/c1-5-26-14-8-6-7-13(11-14)20-19(27)21-18(22)12-9-15(23-2)17(25-4)16(10-12)24-3/h6-11H,5H2,1-4H3,(H2,20,21,22,27). The number of nitrogens with one attached hydrogen (secondary N) is 2. The van der Waals surface area contributed by atoms with E-state index in [1.54, 1.807) is 18.2 Å². The van der Waals surface area contributed by atoms with Gasteiger partial charge in [-0.3, -0.25) is 10.1 Å². The minimum Gasteiger partial charge on any atom is -0.494 e. The fraction of sp³-hybridized carbons (Fsp3) is 0.263. The summed E-state index contributed by atoms with van der Waals surface area (Å²) in [5.74, 6) is 1.47. The van der Waals surface area contributed by atoms with Crippen LogP contribution in [0.2, 0.25) is 0 Å². The lowest BCUT2D eigenvalue weighted by molar-refractivity contribution is 0.0977. The average molecular weight is 390 g/mol. The molecule has 0 aliphatic heterocycles. The lowest BCUT2D eigenvalue weighted by atomic mass is 10.1. The maximum Gasteiger partial charge on any atom is 0.257 e. The van der Waals surface area contributed by atoms with Crippen molar-refractivity contribution in [3.05, 3.63) is 42.0 Å². The molecule has 0 aliphatic rings. The van der Waals surface area contributed by atoms with Crippen LogP contribution in [0.4, 0.5) is 5.69 Å². The molecule has 27 heavy (non-hydrogen) atoms. The largest absolute Gasteiger partial charge is 0.494 e. The van der Waals surface area contributed by atoms with E-state index < -0.39 is 5.91 Å². The molecule has 0 aromatic heterocycles. The van der Waals surface area contributed by atoms with Crippen LogP contribution in [0.3, 0.4) is 0 Å². The molecule has 7 nitrogen and oxygen atoms in total. The molecule has 0 heterocycles.